The fourth-order valence-electron chi connectivity index (χ4n) is 2.61. The fourth-order valence-corrected chi connectivity index (χ4v) is 4.59. The van der Waals surface area contributed by atoms with E-state index in [0.29, 0.717) is 23.1 Å². The van der Waals surface area contributed by atoms with E-state index in [4.69, 9.17) is 11.6 Å². The predicted molar refractivity (Wildman–Crippen MR) is 108 cm³/mol. The van der Waals surface area contributed by atoms with Crippen molar-refractivity contribution >= 4 is 55.5 Å². The molecule has 0 unspecified atom stereocenters. The highest BCUT2D eigenvalue weighted by atomic mass is 35.5. The molecule has 0 saturated heterocycles. The number of pyridine rings is 1. The number of hydrogen-bond donors (Lipinski definition) is 0. The highest BCUT2D eigenvalue weighted by Crippen LogP contribution is 2.33. The molecule has 0 saturated carbocycles. The number of hydrogen-bond acceptors (Lipinski definition) is 5. The van der Waals surface area contributed by atoms with Crippen molar-refractivity contribution in [1.82, 2.24) is 9.97 Å². The van der Waals surface area contributed by atoms with Gasteiger partial charge in [-0.05, 0) is 35.2 Å². The summed E-state index contributed by atoms with van der Waals surface area (Å²) >= 11 is 9.31. The molecule has 0 spiro atoms. The van der Waals surface area contributed by atoms with E-state index in [0.717, 1.165) is 20.7 Å². The molecular weight excluding hydrogens is 386 g/mol. The van der Waals surface area contributed by atoms with Gasteiger partial charge in [0.2, 0.25) is 5.91 Å². The number of amides is 1. The molecule has 0 aliphatic rings. The summed E-state index contributed by atoms with van der Waals surface area (Å²) < 4.78 is 0.965. The van der Waals surface area contributed by atoms with Crippen molar-refractivity contribution in [2.24, 2.45) is 0 Å². The second kappa shape index (κ2) is 7.53. The number of fused-ring (bicyclic) bond motifs is 1. The van der Waals surface area contributed by atoms with Gasteiger partial charge in [-0.25, -0.2) is 4.98 Å². The first-order valence-electron chi connectivity index (χ1n) is 7.97. The van der Waals surface area contributed by atoms with Gasteiger partial charge in [-0.2, -0.15) is 0 Å². The summed E-state index contributed by atoms with van der Waals surface area (Å²) in [5.41, 5.74) is 1.69. The minimum atomic E-state index is 0.00600. The lowest BCUT2D eigenvalue weighted by Crippen LogP contribution is -2.31. The molecule has 0 atom stereocenters. The van der Waals surface area contributed by atoms with Crippen molar-refractivity contribution in [3.05, 3.63) is 75.7 Å². The summed E-state index contributed by atoms with van der Waals surface area (Å²) in [6.45, 7) is 0.426. The number of para-hydroxylation sites is 1. The van der Waals surface area contributed by atoms with E-state index in [2.05, 4.69) is 9.97 Å². The van der Waals surface area contributed by atoms with Gasteiger partial charge in [0.05, 0.1) is 22.7 Å². The molecular formula is C19H14ClN3OS2. The zero-order valence-electron chi connectivity index (χ0n) is 13.6. The SMILES string of the molecule is O=C(Cc1cccs1)N(Cc1cccnc1)c1nc2c(Cl)cccc2s1. The van der Waals surface area contributed by atoms with E-state index in [-0.39, 0.29) is 5.91 Å². The van der Waals surface area contributed by atoms with Crippen molar-refractivity contribution in [1.29, 1.82) is 0 Å². The molecule has 26 heavy (non-hydrogen) atoms. The largest absolute Gasteiger partial charge is 0.283 e. The highest BCUT2D eigenvalue weighted by Gasteiger charge is 2.21. The van der Waals surface area contributed by atoms with Gasteiger partial charge >= 0.3 is 0 Å². The molecule has 0 fully saturated rings. The number of carbonyl (C=O) groups excluding carboxylic acids is 1. The minimum absolute atomic E-state index is 0.00600. The van der Waals surface area contributed by atoms with Crippen LogP contribution >= 0.6 is 34.3 Å². The van der Waals surface area contributed by atoms with Crippen LogP contribution in [0.4, 0.5) is 5.13 Å². The molecule has 0 N–H and O–H groups in total. The van der Waals surface area contributed by atoms with Gasteiger partial charge in [0, 0.05) is 17.3 Å². The van der Waals surface area contributed by atoms with Gasteiger partial charge in [0.15, 0.2) is 5.13 Å². The van der Waals surface area contributed by atoms with Crippen molar-refractivity contribution in [3.63, 3.8) is 0 Å². The van der Waals surface area contributed by atoms with Gasteiger partial charge in [-0.3, -0.25) is 14.7 Å². The Labute approximate surface area is 163 Å². The topological polar surface area (TPSA) is 46.1 Å². The lowest BCUT2D eigenvalue weighted by Gasteiger charge is -2.19. The van der Waals surface area contributed by atoms with Crippen LogP contribution in [0.5, 0.6) is 0 Å². The van der Waals surface area contributed by atoms with E-state index in [9.17, 15) is 4.79 Å². The van der Waals surface area contributed by atoms with E-state index >= 15 is 0 Å². The quantitative estimate of drug-likeness (QED) is 0.464. The average molecular weight is 400 g/mol. The number of nitrogens with zero attached hydrogens (tertiary/aromatic N) is 3. The van der Waals surface area contributed by atoms with E-state index in [1.165, 1.54) is 11.3 Å². The second-order valence-electron chi connectivity index (χ2n) is 5.68. The first-order chi connectivity index (χ1) is 12.7. The molecule has 0 aliphatic heterocycles. The van der Waals surface area contributed by atoms with Gasteiger partial charge in [-0.1, -0.05) is 41.1 Å². The summed E-state index contributed by atoms with van der Waals surface area (Å²) in [6.07, 6.45) is 3.84. The molecule has 1 aromatic carbocycles. The van der Waals surface area contributed by atoms with Crippen LogP contribution < -0.4 is 4.90 Å². The Kier molecular flexibility index (Phi) is 4.97. The zero-order valence-corrected chi connectivity index (χ0v) is 16.0. The summed E-state index contributed by atoms with van der Waals surface area (Å²) in [5.74, 6) is 0.00600. The lowest BCUT2D eigenvalue weighted by molar-refractivity contribution is -0.118. The monoisotopic (exact) mass is 399 g/mol. The first-order valence-corrected chi connectivity index (χ1v) is 10.0. The van der Waals surface area contributed by atoms with Gasteiger partial charge in [0.1, 0.15) is 5.52 Å². The number of thiophene rings is 1. The molecule has 0 bridgehead atoms. The summed E-state index contributed by atoms with van der Waals surface area (Å²) in [6, 6.07) is 13.4. The first kappa shape index (κ1) is 17.1. The maximum atomic E-state index is 13.0. The number of rotatable bonds is 5. The van der Waals surface area contributed by atoms with Crippen LogP contribution in [0.15, 0.2) is 60.2 Å². The summed E-state index contributed by atoms with van der Waals surface area (Å²) in [4.78, 5) is 24.6. The normalized spacial score (nSPS) is 11.0. The second-order valence-corrected chi connectivity index (χ2v) is 8.13. The molecule has 3 heterocycles. The molecule has 7 heteroatoms. The van der Waals surface area contributed by atoms with Crippen molar-refractivity contribution in [3.8, 4) is 0 Å². The van der Waals surface area contributed by atoms with Crippen LogP contribution in [-0.2, 0) is 17.8 Å². The molecule has 4 nitrogen and oxygen atoms in total. The van der Waals surface area contributed by atoms with Crippen LogP contribution in [0.2, 0.25) is 5.02 Å². The summed E-state index contributed by atoms with van der Waals surface area (Å²) in [7, 11) is 0. The van der Waals surface area contributed by atoms with E-state index in [1.54, 1.807) is 28.6 Å². The predicted octanol–water partition coefficient (Wildman–Crippen LogP) is 5.18. The van der Waals surface area contributed by atoms with Crippen molar-refractivity contribution < 1.29 is 4.79 Å². The molecule has 0 aliphatic carbocycles. The Morgan fingerprint density at radius 2 is 2.08 bits per heavy atom. The van der Waals surface area contributed by atoms with Crippen LogP contribution in [0.25, 0.3) is 10.2 Å². The lowest BCUT2D eigenvalue weighted by atomic mass is 10.2. The molecule has 4 aromatic rings. The van der Waals surface area contributed by atoms with Gasteiger partial charge < -0.3 is 0 Å². The number of carbonyl (C=O) groups is 1. The Hall–Kier alpha value is -2.28. The molecule has 1 amide bonds. The molecule has 3 aromatic heterocycles. The number of aromatic nitrogens is 2. The van der Waals surface area contributed by atoms with Gasteiger partial charge in [-0.15, -0.1) is 11.3 Å². The Balaban J connectivity index is 1.70. The van der Waals surface area contributed by atoms with Crippen LogP contribution in [0, 0.1) is 0 Å². The molecule has 130 valence electrons. The average Bonchev–Trinajstić information content (AvgIpc) is 3.30. The number of halogens is 1. The van der Waals surface area contributed by atoms with Crippen LogP contribution in [0.1, 0.15) is 10.4 Å². The minimum Gasteiger partial charge on any atom is -0.283 e. The third-order valence-corrected chi connectivity index (χ3v) is 6.08. The maximum Gasteiger partial charge on any atom is 0.234 e. The van der Waals surface area contributed by atoms with E-state index < -0.39 is 0 Å². The number of benzene rings is 1. The highest BCUT2D eigenvalue weighted by molar-refractivity contribution is 7.22. The summed E-state index contributed by atoms with van der Waals surface area (Å²) in [5, 5.41) is 3.22. The Morgan fingerprint density at radius 1 is 1.15 bits per heavy atom. The molecule has 4 rings (SSSR count). The smallest absolute Gasteiger partial charge is 0.234 e. The Bertz CT molecular complexity index is 1030. The maximum absolute atomic E-state index is 13.0. The standard InChI is InChI=1S/C19H14ClN3OS2/c20-15-6-1-7-16-18(15)22-19(26-16)23(12-13-4-2-8-21-11-13)17(24)10-14-5-3-9-25-14/h1-9,11H,10,12H2. The third kappa shape index (κ3) is 3.62. The molecule has 0 radical (unpaired) electrons. The number of anilines is 1. The zero-order chi connectivity index (χ0) is 17.9. The number of thiazole rings is 1. The third-order valence-electron chi connectivity index (χ3n) is 3.86. The Morgan fingerprint density at radius 3 is 2.81 bits per heavy atom. The van der Waals surface area contributed by atoms with Crippen molar-refractivity contribution in [2.45, 2.75) is 13.0 Å². The van der Waals surface area contributed by atoms with Gasteiger partial charge in [0.25, 0.3) is 0 Å². The van der Waals surface area contributed by atoms with Crippen LogP contribution in [0.3, 0.4) is 0 Å². The van der Waals surface area contributed by atoms with Crippen LogP contribution in [-0.4, -0.2) is 15.9 Å². The van der Waals surface area contributed by atoms with Crippen molar-refractivity contribution in [2.75, 3.05) is 4.90 Å². The fraction of sp³-hybridized carbons (Fsp3) is 0.105. The van der Waals surface area contributed by atoms with E-state index in [1.807, 2.05) is 47.8 Å².